The van der Waals surface area contributed by atoms with Crippen molar-refractivity contribution in [3.8, 4) is 0 Å². The molecule has 45 heavy (non-hydrogen) atoms. The maximum Gasteiger partial charge on any atom is 0.264 e. The summed E-state index contributed by atoms with van der Waals surface area (Å²) in [5.41, 5.74) is 1.57. The first-order chi connectivity index (χ1) is 21.7. The van der Waals surface area contributed by atoms with Crippen molar-refractivity contribution in [2.75, 3.05) is 6.54 Å². The van der Waals surface area contributed by atoms with E-state index in [1.165, 1.54) is 11.8 Å². The maximum absolute atomic E-state index is 14.1. The number of fused-ring (bicyclic) bond motifs is 2. The topological polar surface area (TPSA) is 150 Å². The van der Waals surface area contributed by atoms with Gasteiger partial charge in [0, 0.05) is 25.6 Å². The molecule has 2 aliphatic heterocycles. The van der Waals surface area contributed by atoms with Crippen molar-refractivity contribution in [2.24, 2.45) is 0 Å². The van der Waals surface area contributed by atoms with Crippen LogP contribution in [0.25, 0.3) is 10.9 Å². The Morgan fingerprint density at radius 2 is 1.60 bits per heavy atom. The number of aromatic nitrogens is 1. The standard InChI is InChI=1S/C34H41N5O6/c1-22(40)29(41)17-7-3-6-14-25-31(42)37-30(38-20-18-24-13-8-9-15-27(24)38)33(44)36-26(21-23-11-4-2-5-12-23)34(45)39-19-10-16-28(39)32(43)35-25/h2,4-5,8-9,11-13,15,18,20,22,25-26,28,30,40H,3,6-7,10,14,16-17,19,21H2,1H3,(H,35,43)(H,36,44)(H,37,42)/t22-,25+,26+,28-,30+/m1/s1. The molecule has 0 saturated carbocycles. The minimum atomic E-state index is -1.19. The van der Waals surface area contributed by atoms with E-state index in [2.05, 4.69) is 16.0 Å². The van der Waals surface area contributed by atoms with E-state index in [1.54, 1.807) is 10.8 Å². The number of nitrogens with one attached hydrogen (secondary N) is 3. The molecule has 5 rings (SSSR count). The smallest absolute Gasteiger partial charge is 0.264 e. The van der Waals surface area contributed by atoms with E-state index in [4.69, 9.17) is 0 Å². The number of carbonyl (C=O) groups is 5. The molecule has 4 amide bonds. The normalized spacial score (nSPS) is 23.4. The summed E-state index contributed by atoms with van der Waals surface area (Å²) in [6.45, 7) is 1.81. The summed E-state index contributed by atoms with van der Waals surface area (Å²) in [6.07, 6.45) is 3.01. The first kappa shape index (κ1) is 31.9. The van der Waals surface area contributed by atoms with Crippen molar-refractivity contribution >= 4 is 40.3 Å². The third-order valence-corrected chi connectivity index (χ3v) is 8.69. The largest absolute Gasteiger partial charge is 0.386 e. The average molecular weight is 616 g/mol. The van der Waals surface area contributed by atoms with Gasteiger partial charge in [-0.3, -0.25) is 24.0 Å². The Bertz CT molecular complexity index is 1540. The summed E-state index contributed by atoms with van der Waals surface area (Å²) in [7, 11) is 0. The monoisotopic (exact) mass is 615 g/mol. The van der Waals surface area contributed by atoms with Crippen LogP contribution in [0.2, 0.25) is 0 Å². The number of hydrogen-bond donors (Lipinski definition) is 4. The quantitative estimate of drug-likeness (QED) is 0.257. The van der Waals surface area contributed by atoms with Gasteiger partial charge in [-0.1, -0.05) is 61.4 Å². The van der Waals surface area contributed by atoms with E-state index in [9.17, 15) is 29.1 Å². The Balaban J connectivity index is 1.45. The lowest BCUT2D eigenvalue weighted by molar-refractivity contribution is -0.144. The van der Waals surface area contributed by atoms with E-state index in [-0.39, 0.29) is 31.0 Å². The van der Waals surface area contributed by atoms with Crippen LogP contribution >= 0.6 is 0 Å². The molecule has 0 bridgehead atoms. The Kier molecular flexibility index (Phi) is 10.3. The number of unbranched alkanes of at least 4 members (excludes halogenated alkanes) is 2. The number of hydrogen-bond acceptors (Lipinski definition) is 6. The number of amides is 4. The number of aliphatic hydroxyl groups is 1. The van der Waals surface area contributed by atoms with E-state index >= 15 is 0 Å². The first-order valence-corrected chi connectivity index (χ1v) is 15.7. The molecule has 0 aliphatic carbocycles. The second kappa shape index (κ2) is 14.5. The lowest BCUT2D eigenvalue weighted by Crippen LogP contribution is -2.60. The summed E-state index contributed by atoms with van der Waals surface area (Å²) in [5, 5.41) is 19.0. The van der Waals surface area contributed by atoms with Crippen molar-refractivity contribution in [3.63, 3.8) is 0 Å². The lowest BCUT2D eigenvalue weighted by atomic mass is 10.0. The molecule has 4 N–H and O–H groups in total. The zero-order chi connectivity index (χ0) is 31.9. The summed E-state index contributed by atoms with van der Waals surface area (Å²) >= 11 is 0. The fourth-order valence-electron chi connectivity index (χ4n) is 6.20. The fraction of sp³-hybridized carbons (Fsp3) is 0.441. The van der Waals surface area contributed by atoms with Crippen LogP contribution in [0.3, 0.4) is 0 Å². The van der Waals surface area contributed by atoms with E-state index in [0.717, 1.165) is 16.5 Å². The molecule has 2 fully saturated rings. The summed E-state index contributed by atoms with van der Waals surface area (Å²) in [5.74, 6) is -2.04. The SMILES string of the molecule is C[C@@H](O)C(=O)CCCCC[C@@H]1NC(=O)[C@H]2CCCN2C(=O)[C@H](Cc2ccccc2)NC(=O)[C@H](n2ccc3ccccc32)NC1=O. The summed E-state index contributed by atoms with van der Waals surface area (Å²) < 4.78 is 1.66. The van der Waals surface area contributed by atoms with Gasteiger partial charge in [0.15, 0.2) is 11.9 Å². The highest BCUT2D eigenvalue weighted by Gasteiger charge is 2.41. The molecule has 0 radical (unpaired) electrons. The molecule has 5 atom stereocenters. The van der Waals surface area contributed by atoms with Gasteiger partial charge < -0.3 is 30.5 Å². The van der Waals surface area contributed by atoms with Crippen LogP contribution in [0.4, 0.5) is 0 Å². The number of carbonyl (C=O) groups excluding carboxylic acids is 5. The fourth-order valence-corrected chi connectivity index (χ4v) is 6.20. The predicted molar refractivity (Wildman–Crippen MR) is 168 cm³/mol. The summed E-state index contributed by atoms with van der Waals surface area (Å²) in [6, 6.07) is 16.0. The van der Waals surface area contributed by atoms with Crippen molar-refractivity contribution < 1.29 is 29.1 Å². The van der Waals surface area contributed by atoms with Gasteiger partial charge >= 0.3 is 0 Å². The van der Waals surface area contributed by atoms with Crippen LogP contribution in [0.5, 0.6) is 0 Å². The molecular weight excluding hydrogens is 574 g/mol. The number of Topliss-reactive ketones (excluding diaryl/α,β-unsaturated/α-hetero) is 1. The molecule has 11 nitrogen and oxygen atoms in total. The third-order valence-electron chi connectivity index (χ3n) is 8.69. The van der Waals surface area contributed by atoms with Gasteiger partial charge in [-0.15, -0.1) is 0 Å². The zero-order valence-electron chi connectivity index (χ0n) is 25.5. The molecule has 3 aromatic rings. The Morgan fingerprint density at radius 1 is 0.867 bits per heavy atom. The van der Waals surface area contributed by atoms with Gasteiger partial charge in [0.05, 0.1) is 5.52 Å². The van der Waals surface area contributed by atoms with E-state index in [0.29, 0.717) is 38.6 Å². The highest BCUT2D eigenvalue weighted by molar-refractivity contribution is 5.98. The van der Waals surface area contributed by atoms with Gasteiger partial charge in [-0.2, -0.15) is 0 Å². The average Bonchev–Trinajstić information content (AvgIpc) is 3.70. The minimum Gasteiger partial charge on any atom is -0.386 e. The molecule has 2 saturated heterocycles. The number of ketones is 1. The van der Waals surface area contributed by atoms with Crippen molar-refractivity contribution in [1.82, 2.24) is 25.4 Å². The first-order valence-electron chi connectivity index (χ1n) is 15.7. The highest BCUT2D eigenvalue weighted by Crippen LogP contribution is 2.23. The number of benzene rings is 2. The van der Waals surface area contributed by atoms with Crippen LogP contribution in [-0.2, 0) is 30.4 Å². The zero-order valence-corrected chi connectivity index (χ0v) is 25.5. The molecule has 11 heteroatoms. The Hall–Kier alpha value is -4.51. The van der Waals surface area contributed by atoms with E-state index < -0.39 is 48.1 Å². The Labute approximate surface area is 262 Å². The summed E-state index contributed by atoms with van der Waals surface area (Å²) in [4.78, 5) is 68.9. The second-order valence-electron chi connectivity index (χ2n) is 11.9. The molecule has 0 spiro atoms. The molecule has 238 valence electrons. The van der Waals surface area contributed by atoms with Gasteiger partial charge in [-0.25, -0.2) is 0 Å². The molecular formula is C34H41N5O6. The third kappa shape index (κ3) is 7.59. The molecule has 1 aromatic heterocycles. The minimum absolute atomic E-state index is 0.226. The van der Waals surface area contributed by atoms with Gasteiger partial charge in [0.25, 0.3) is 5.91 Å². The lowest BCUT2D eigenvalue weighted by Gasteiger charge is -2.33. The van der Waals surface area contributed by atoms with Crippen LogP contribution in [-0.4, -0.2) is 74.8 Å². The second-order valence-corrected chi connectivity index (χ2v) is 11.9. The predicted octanol–water partition coefficient (Wildman–Crippen LogP) is 2.37. The van der Waals surface area contributed by atoms with Gasteiger partial charge in [0.2, 0.25) is 17.7 Å². The van der Waals surface area contributed by atoms with Crippen LogP contribution in [0, 0.1) is 0 Å². The molecule has 0 unspecified atom stereocenters. The number of para-hydroxylation sites is 1. The van der Waals surface area contributed by atoms with E-state index in [1.807, 2.05) is 60.7 Å². The molecule has 3 heterocycles. The highest BCUT2D eigenvalue weighted by atomic mass is 16.3. The maximum atomic E-state index is 14.1. The van der Waals surface area contributed by atoms with Gasteiger partial charge in [-0.05, 0) is 55.7 Å². The van der Waals surface area contributed by atoms with Gasteiger partial charge in [0.1, 0.15) is 24.2 Å². The van der Waals surface area contributed by atoms with Crippen molar-refractivity contribution in [3.05, 3.63) is 72.4 Å². The Morgan fingerprint density at radius 3 is 2.38 bits per heavy atom. The van der Waals surface area contributed by atoms with Crippen molar-refractivity contribution in [2.45, 2.75) is 88.7 Å². The van der Waals surface area contributed by atoms with Crippen LogP contribution in [0.1, 0.15) is 63.6 Å². The molecule has 2 aliphatic rings. The number of aliphatic hydroxyl groups excluding tert-OH is 1. The molecule has 2 aromatic carbocycles. The van der Waals surface area contributed by atoms with Crippen LogP contribution in [0.15, 0.2) is 66.9 Å². The number of rotatable bonds is 10. The number of nitrogens with zero attached hydrogens (tertiary/aromatic N) is 2. The van der Waals surface area contributed by atoms with Crippen LogP contribution < -0.4 is 16.0 Å². The van der Waals surface area contributed by atoms with Crippen molar-refractivity contribution in [1.29, 1.82) is 0 Å².